The topological polar surface area (TPSA) is 165 Å². The fraction of sp³-hybridized carbons (Fsp3) is 0.0357. The van der Waals surface area contributed by atoms with E-state index in [-0.39, 0.29) is 17.4 Å². The number of thiazole rings is 1. The molecule has 0 saturated carbocycles. The number of tetrazole rings is 1. The first kappa shape index (κ1) is 25.9. The highest BCUT2D eigenvalue weighted by molar-refractivity contribution is 8.00. The fourth-order valence-corrected chi connectivity index (χ4v) is 5.85. The molecule has 0 atom stereocenters. The van der Waals surface area contributed by atoms with Gasteiger partial charge in [-0.05, 0) is 41.1 Å². The second-order valence-corrected chi connectivity index (χ2v) is 10.8. The number of para-hydroxylation sites is 1. The zero-order valence-corrected chi connectivity index (χ0v) is 22.7. The highest BCUT2D eigenvalue weighted by Crippen LogP contribution is 2.29. The normalized spacial score (nSPS) is 10.8. The Morgan fingerprint density at radius 1 is 0.976 bits per heavy atom. The van der Waals surface area contributed by atoms with Crippen molar-refractivity contribution in [1.29, 1.82) is 5.26 Å². The molecule has 0 spiro atoms. The van der Waals surface area contributed by atoms with Crippen LogP contribution in [0.3, 0.4) is 0 Å². The molecule has 11 nitrogen and oxygen atoms in total. The molecule has 6 aromatic rings. The summed E-state index contributed by atoms with van der Waals surface area (Å²) in [6, 6.07) is 24.0. The molecular formula is C28H19N9O2S2. The first-order chi connectivity index (χ1) is 20.1. The Morgan fingerprint density at radius 2 is 1.83 bits per heavy atom. The van der Waals surface area contributed by atoms with E-state index in [0.717, 1.165) is 15.5 Å². The van der Waals surface area contributed by atoms with E-state index in [9.17, 15) is 14.9 Å². The minimum absolute atomic E-state index is 0.239. The van der Waals surface area contributed by atoms with Gasteiger partial charge in [0.25, 0.3) is 11.8 Å². The van der Waals surface area contributed by atoms with E-state index in [4.69, 9.17) is 0 Å². The van der Waals surface area contributed by atoms with Crippen molar-refractivity contribution in [3.8, 4) is 17.5 Å². The van der Waals surface area contributed by atoms with Crippen molar-refractivity contribution in [2.75, 3.05) is 10.6 Å². The van der Waals surface area contributed by atoms with Crippen LogP contribution < -0.4 is 10.6 Å². The number of nitriles is 1. The number of anilines is 2. The summed E-state index contributed by atoms with van der Waals surface area (Å²) in [6.07, 6.45) is 0. The zero-order valence-electron chi connectivity index (χ0n) is 21.1. The van der Waals surface area contributed by atoms with Crippen molar-refractivity contribution in [3.63, 3.8) is 0 Å². The van der Waals surface area contributed by atoms with Gasteiger partial charge in [-0.2, -0.15) is 10.5 Å². The molecule has 0 bridgehead atoms. The second-order valence-electron chi connectivity index (χ2n) is 8.74. The van der Waals surface area contributed by atoms with Crippen LogP contribution >= 0.6 is 23.1 Å². The highest BCUT2D eigenvalue weighted by atomic mass is 32.2. The number of fused-ring (bicyclic) bond motifs is 1. The lowest BCUT2D eigenvalue weighted by Gasteiger charge is -2.08. The Hall–Kier alpha value is -5.32. The number of thioether (sulfide) groups is 1. The van der Waals surface area contributed by atoms with Gasteiger partial charge >= 0.3 is 0 Å². The Balaban J connectivity index is 1.18. The molecule has 6 rings (SSSR count). The number of rotatable bonds is 8. The number of aromatic nitrogens is 6. The number of aromatic amines is 2. The number of carbonyl (C=O) groups excluding carboxylic acids is 2. The molecule has 3 heterocycles. The first-order valence-electron chi connectivity index (χ1n) is 12.2. The number of benzene rings is 3. The maximum Gasteiger partial charge on any atom is 0.275 e. The second kappa shape index (κ2) is 11.4. The summed E-state index contributed by atoms with van der Waals surface area (Å²) in [5.41, 5.74) is 4.13. The van der Waals surface area contributed by atoms with Gasteiger partial charge in [0, 0.05) is 22.1 Å². The summed E-state index contributed by atoms with van der Waals surface area (Å²) < 4.78 is 0.805. The molecule has 200 valence electrons. The van der Waals surface area contributed by atoms with Crippen molar-refractivity contribution >= 4 is 57.2 Å². The van der Waals surface area contributed by atoms with Crippen LogP contribution in [0.25, 0.3) is 22.3 Å². The Morgan fingerprint density at radius 3 is 2.63 bits per heavy atom. The standard InChI is InChI=1S/C28H19N9O2S2/c29-13-17-9-10-20(19(11-17)25-34-36-37-35-25)31-26(38)22-12-18-7-4-8-21(24(18)30-22)32-27(39)23-15-41-28(33-23)40-14-16-5-2-1-3-6-16/h1-12,15,30H,14H2,(H,31,38)(H,32,39)(H,34,35,36,37). The average molecular weight is 578 g/mol. The first-order valence-corrected chi connectivity index (χ1v) is 14.1. The third kappa shape index (κ3) is 5.69. The monoisotopic (exact) mass is 577 g/mol. The van der Waals surface area contributed by atoms with Gasteiger partial charge in [-0.15, -0.1) is 21.5 Å². The molecule has 0 radical (unpaired) electrons. The van der Waals surface area contributed by atoms with Crippen LogP contribution in [-0.4, -0.2) is 42.4 Å². The number of amides is 2. The van der Waals surface area contributed by atoms with Gasteiger partial charge in [-0.1, -0.05) is 54.2 Å². The third-order valence-electron chi connectivity index (χ3n) is 6.05. The van der Waals surface area contributed by atoms with Crippen molar-refractivity contribution < 1.29 is 9.59 Å². The largest absolute Gasteiger partial charge is 0.349 e. The highest BCUT2D eigenvalue weighted by Gasteiger charge is 2.18. The average Bonchev–Trinajstić information content (AvgIpc) is 3.78. The molecule has 0 unspecified atom stereocenters. The summed E-state index contributed by atoms with van der Waals surface area (Å²) in [5, 5.41) is 31.4. The Kier molecular flexibility index (Phi) is 7.23. The van der Waals surface area contributed by atoms with Gasteiger partial charge in [0.1, 0.15) is 11.4 Å². The summed E-state index contributed by atoms with van der Waals surface area (Å²) in [6.45, 7) is 0. The van der Waals surface area contributed by atoms with E-state index in [1.807, 2.05) is 24.3 Å². The van der Waals surface area contributed by atoms with Gasteiger partial charge in [0.2, 0.25) is 5.82 Å². The lowest BCUT2D eigenvalue weighted by atomic mass is 10.1. The molecule has 3 aromatic carbocycles. The third-order valence-corrected chi connectivity index (χ3v) is 8.15. The minimum Gasteiger partial charge on any atom is -0.349 e. The van der Waals surface area contributed by atoms with E-state index in [1.54, 1.807) is 53.5 Å². The number of carbonyl (C=O) groups is 2. The van der Waals surface area contributed by atoms with Crippen molar-refractivity contribution in [3.05, 3.63) is 101 Å². The lowest BCUT2D eigenvalue weighted by Crippen LogP contribution is -2.14. The van der Waals surface area contributed by atoms with Gasteiger partial charge in [0.15, 0.2) is 4.34 Å². The molecule has 0 saturated heterocycles. The van der Waals surface area contributed by atoms with Crippen molar-refractivity contribution in [2.24, 2.45) is 0 Å². The van der Waals surface area contributed by atoms with Crippen molar-refractivity contribution in [2.45, 2.75) is 10.1 Å². The molecule has 4 N–H and O–H groups in total. The lowest BCUT2D eigenvalue weighted by molar-refractivity contribution is 0.101. The Labute approximate surface area is 241 Å². The van der Waals surface area contributed by atoms with Crippen LogP contribution in [0.5, 0.6) is 0 Å². The molecule has 0 aliphatic heterocycles. The quantitative estimate of drug-likeness (QED) is 0.173. The summed E-state index contributed by atoms with van der Waals surface area (Å²) in [7, 11) is 0. The Bertz CT molecular complexity index is 1910. The predicted molar refractivity (Wildman–Crippen MR) is 157 cm³/mol. The zero-order chi connectivity index (χ0) is 28.2. The molecule has 2 amide bonds. The van der Waals surface area contributed by atoms with Gasteiger partial charge in [0.05, 0.1) is 28.5 Å². The van der Waals surface area contributed by atoms with E-state index in [1.165, 1.54) is 16.9 Å². The maximum atomic E-state index is 13.2. The van der Waals surface area contributed by atoms with E-state index in [0.29, 0.717) is 33.7 Å². The molecular weight excluding hydrogens is 559 g/mol. The number of H-pyrrole nitrogens is 2. The predicted octanol–water partition coefficient (Wildman–Crippen LogP) is 5.47. The molecule has 0 fully saturated rings. The van der Waals surface area contributed by atoms with Gasteiger partial charge < -0.3 is 15.6 Å². The van der Waals surface area contributed by atoms with E-state index in [2.05, 4.69) is 59.4 Å². The number of hydrogen-bond acceptors (Lipinski definition) is 9. The molecule has 0 aliphatic rings. The minimum atomic E-state index is -0.424. The fourth-order valence-electron chi connectivity index (χ4n) is 4.09. The van der Waals surface area contributed by atoms with Crippen LogP contribution in [0.15, 0.2) is 82.5 Å². The molecule has 13 heteroatoms. The van der Waals surface area contributed by atoms with Crippen LogP contribution in [-0.2, 0) is 5.75 Å². The number of nitrogens with one attached hydrogen (secondary N) is 4. The van der Waals surface area contributed by atoms with Crippen LogP contribution in [0.2, 0.25) is 0 Å². The van der Waals surface area contributed by atoms with Crippen molar-refractivity contribution in [1.82, 2.24) is 30.6 Å². The number of hydrogen-bond donors (Lipinski definition) is 4. The number of nitrogens with zero attached hydrogens (tertiary/aromatic N) is 5. The SMILES string of the molecule is N#Cc1ccc(NC(=O)c2cc3cccc(NC(=O)c4csc(SCc5ccccc5)n4)c3[nH]2)c(-c2nn[nH]n2)c1. The van der Waals surface area contributed by atoms with E-state index < -0.39 is 5.91 Å². The maximum absolute atomic E-state index is 13.2. The van der Waals surface area contributed by atoms with Crippen LogP contribution in [0.4, 0.5) is 11.4 Å². The summed E-state index contributed by atoms with van der Waals surface area (Å²) in [5.74, 6) is 0.236. The summed E-state index contributed by atoms with van der Waals surface area (Å²) >= 11 is 3.00. The van der Waals surface area contributed by atoms with Crippen LogP contribution in [0.1, 0.15) is 32.1 Å². The van der Waals surface area contributed by atoms with Crippen LogP contribution in [0, 0.1) is 11.3 Å². The van der Waals surface area contributed by atoms with E-state index >= 15 is 0 Å². The molecule has 3 aromatic heterocycles. The smallest absolute Gasteiger partial charge is 0.275 e. The van der Waals surface area contributed by atoms with Gasteiger partial charge in [-0.25, -0.2) is 4.98 Å². The molecule has 0 aliphatic carbocycles. The van der Waals surface area contributed by atoms with Gasteiger partial charge in [-0.3, -0.25) is 9.59 Å². The summed E-state index contributed by atoms with van der Waals surface area (Å²) in [4.78, 5) is 33.8. The molecule has 41 heavy (non-hydrogen) atoms.